The molecule has 3 atom stereocenters. The highest BCUT2D eigenvalue weighted by molar-refractivity contribution is 5.18. The molecule has 3 nitrogen and oxygen atoms in total. The lowest BCUT2D eigenvalue weighted by atomic mass is 10.0. The zero-order valence-electron chi connectivity index (χ0n) is 19.1. The van der Waals surface area contributed by atoms with Gasteiger partial charge in [-0.05, 0) is 18.9 Å². The Kier molecular flexibility index (Phi) is 16.1. The first-order valence-electron chi connectivity index (χ1n) is 12.3. The van der Waals surface area contributed by atoms with Crippen molar-refractivity contribution in [1.29, 1.82) is 0 Å². The molecule has 0 bridgehead atoms. The largest absolute Gasteiger partial charge is 0.395 e. The Balaban J connectivity index is 2.01. The van der Waals surface area contributed by atoms with E-state index in [0.717, 1.165) is 12.8 Å². The van der Waals surface area contributed by atoms with Gasteiger partial charge in [-0.2, -0.15) is 0 Å². The van der Waals surface area contributed by atoms with Crippen LogP contribution in [0.2, 0.25) is 0 Å². The lowest BCUT2D eigenvalue weighted by Gasteiger charge is -2.26. The van der Waals surface area contributed by atoms with Gasteiger partial charge in [0.15, 0.2) is 0 Å². The molecule has 0 aliphatic heterocycles. The minimum Gasteiger partial charge on any atom is -0.395 e. The molecule has 0 radical (unpaired) electrons. The second-order valence-electron chi connectivity index (χ2n) is 8.69. The van der Waals surface area contributed by atoms with Crippen LogP contribution in [0, 0.1) is 0 Å². The molecule has 3 N–H and O–H groups in total. The van der Waals surface area contributed by atoms with Gasteiger partial charge in [0.25, 0.3) is 0 Å². The minimum atomic E-state index is -0.487. The number of nitrogens with one attached hydrogen (secondary N) is 1. The number of unbranched alkanes of at least 4 members (excludes halogenated alkanes) is 12. The first kappa shape index (κ1) is 26.1. The molecule has 0 fully saturated rings. The van der Waals surface area contributed by atoms with E-state index in [2.05, 4.69) is 31.3 Å². The summed E-state index contributed by atoms with van der Waals surface area (Å²) >= 11 is 0. The molecule has 0 spiro atoms. The SMILES string of the molecule is CCCCCCCCCCCCCCC[C@@H](O)[C@H](CO)N[C@H](C)c1ccccc1. The maximum atomic E-state index is 10.5. The normalized spacial score (nSPS) is 14.6. The van der Waals surface area contributed by atoms with E-state index in [-0.39, 0.29) is 18.7 Å². The highest BCUT2D eigenvalue weighted by Crippen LogP contribution is 2.16. The van der Waals surface area contributed by atoms with E-state index in [1.54, 1.807) is 0 Å². The Labute approximate surface area is 180 Å². The molecule has 0 heterocycles. The highest BCUT2D eigenvalue weighted by atomic mass is 16.3. The summed E-state index contributed by atoms with van der Waals surface area (Å²) in [5, 5.41) is 23.5. The Hall–Kier alpha value is -0.900. The van der Waals surface area contributed by atoms with Crippen LogP contribution in [0.5, 0.6) is 0 Å². The molecule has 29 heavy (non-hydrogen) atoms. The lowest BCUT2D eigenvalue weighted by Crippen LogP contribution is -2.43. The molecule has 1 aromatic carbocycles. The molecular weight excluding hydrogens is 358 g/mol. The highest BCUT2D eigenvalue weighted by Gasteiger charge is 2.20. The number of aliphatic hydroxyl groups excluding tert-OH is 2. The molecule has 1 rings (SSSR count). The molecule has 0 amide bonds. The Morgan fingerprint density at radius 1 is 0.759 bits per heavy atom. The molecule has 0 aliphatic carbocycles. The standard InChI is InChI=1S/C26H47NO2/c1-3-4-5-6-7-8-9-10-11-12-13-14-18-21-26(29)25(22-28)27-23(2)24-19-16-15-17-20-24/h15-17,19-20,23,25-29H,3-14,18,21-22H2,1-2H3/t23-,25+,26-/m1/s1. The van der Waals surface area contributed by atoms with Gasteiger partial charge in [0.1, 0.15) is 0 Å². The van der Waals surface area contributed by atoms with Gasteiger partial charge in [0.2, 0.25) is 0 Å². The average molecular weight is 406 g/mol. The zero-order valence-corrected chi connectivity index (χ0v) is 19.1. The third-order valence-corrected chi connectivity index (χ3v) is 6.03. The average Bonchev–Trinajstić information content (AvgIpc) is 2.75. The Bertz CT molecular complexity index is 465. The molecule has 0 aliphatic rings. The Morgan fingerprint density at radius 3 is 1.72 bits per heavy atom. The van der Waals surface area contributed by atoms with Crippen LogP contribution in [0.1, 0.15) is 115 Å². The van der Waals surface area contributed by atoms with Crippen molar-refractivity contribution < 1.29 is 10.2 Å². The smallest absolute Gasteiger partial charge is 0.0715 e. The summed E-state index contributed by atoms with van der Waals surface area (Å²) in [5.41, 5.74) is 1.18. The van der Waals surface area contributed by atoms with Crippen molar-refractivity contribution in [3.8, 4) is 0 Å². The van der Waals surface area contributed by atoms with Crippen LogP contribution in [-0.4, -0.2) is 29.0 Å². The van der Waals surface area contributed by atoms with E-state index >= 15 is 0 Å². The van der Waals surface area contributed by atoms with Crippen LogP contribution in [0.3, 0.4) is 0 Å². The summed E-state index contributed by atoms with van der Waals surface area (Å²) in [6.45, 7) is 4.32. The molecular formula is C26H47NO2. The van der Waals surface area contributed by atoms with E-state index in [1.807, 2.05) is 18.2 Å². The molecule has 0 unspecified atom stereocenters. The number of rotatable bonds is 19. The van der Waals surface area contributed by atoms with Crippen LogP contribution in [0.25, 0.3) is 0 Å². The molecule has 0 saturated carbocycles. The molecule has 1 aromatic rings. The van der Waals surface area contributed by atoms with Crippen molar-refractivity contribution in [2.45, 2.75) is 122 Å². The van der Waals surface area contributed by atoms with Crippen molar-refractivity contribution in [2.75, 3.05) is 6.61 Å². The predicted molar refractivity (Wildman–Crippen MR) is 125 cm³/mol. The van der Waals surface area contributed by atoms with Gasteiger partial charge in [-0.15, -0.1) is 0 Å². The third-order valence-electron chi connectivity index (χ3n) is 6.03. The fourth-order valence-electron chi connectivity index (χ4n) is 4.02. The fraction of sp³-hybridized carbons (Fsp3) is 0.769. The number of aliphatic hydroxyl groups is 2. The van der Waals surface area contributed by atoms with Crippen LogP contribution in [0.4, 0.5) is 0 Å². The second kappa shape index (κ2) is 17.9. The fourth-order valence-corrected chi connectivity index (χ4v) is 4.02. The van der Waals surface area contributed by atoms with Gasteiger partial charge >= 0.3 is 0 Å². The van der Waals surface area contributed by atoms with Crippen LogP contribution < -0.4 is 5.32 Å². The van der Waals surface area contributed by atoms with Gasteiger partial charge in [0, 0.05) is 6.04 Å². The lowest BCUT2D eigenvalue weighted by molar-refractivity contribution is 0.0760. The summed E-state index contributed by atoms with van der Waals surface area (Å²) in [6, 6.07) is 10.0. The number of benzene rings is 1. The maximum absolute atomic E-state index is 10.5. The number of hydrogen-bond acceptors (Lipinski definition) is 3. The van der Waals surface area contributed by atoms with Crippen LogP contribution in [0.15, 0.2) is 30.3 Å². The zero-order chi connectivity index (χ0) is 21.2. The summed E-state index contributed by atoms with van der Waals surface area (Å²) in [5.74, 6) is 0. The minimum absolute atomic E-state index is 0.0310. The maximum Gasteiger partial charge on any atom is 0.0715 e. The van der Waals surface area contributed by atoms with Gasteiger partial charge < -0.3 is 15.5 Å². The first-order valence-corrected chi connectivity index (χ1v) is 12.3. The topological polar surface area (TPSA) is 52.5 Å². The van der Waals surface area contributed by atoms with E-state index in [9.17, 15) is 10.2 Å². The monoisotopic (exact) mass is 405 g/mol. The second-order valence-corrected chi connectivity index (χ2v) is 8.69. The van der Waals surface area contributed by atoms with Gasteiger partial charge in [-0.25, -0.2) is 0 Å². The van der Waals surface area contributed by atoms with E-state index in [0.29, 0.717) is 0 Å². The van der Waals surface area contributed by atoms with Crippen molar-refractivity contribution in [3.63, 3.8) is 0 Å². The van der Waals surface area contributed by atoms with Crippen LogP contribution >= 0.6 is 0 Å². The van der Waals surface area contributed by atoms with Crippen molar-refractivity contribution in [1.82, 2.24) is 5.32 Å². The summed E-state index contributed by atoms with van der Waals surface area (Å²) in [7, 11) is 0. The molecule has 0 aromatic heterocycles. The van der Waals surface area contributed by atoms with Gasteiger partial charge in [-0.3, -0.25) is 0 Å². The van der Waals surface area contributed by atoms with Gasteiger partial charge in [0.05, 0.1) is 18.8 Å². The van der Waals surface area contributed by atoms with Crippen LogP contribution in [-0.2, 0) is 0 Å². The van der Waals surface area contributed by atoms with E-state index in [1.165, 1.54) is 82.6 Å². The van der Waals surface area contributed by atoms with E-state index < -0.39 is 6.10 Å². The van der Waals surface area contributed by atoms with Gasteiger partial charge in [-0.1, -0.05) is 121 Å². The summed E-state index contributed by atoms with van der Waals surface area (Å²) in [4.78, 5) is 0. The predicted octanol–water partition coefficient (Wildman–Crippen LogP) is 6.54. The van der Waals surface area contributed by atoms with E-state index in [4.69, 9.17) is 0 Å². The van der Waals surface area contributed by atoms with Crippen molar-refractivity contribution >= 4 is 0 Å². The van der Waals surface area contributed by atoms with Crippen molar-refractivity contribution in [3.05, 3.63) is 35.9 Å². The first-order chi connectivity index (χ1) is 14.2. The Morgan fingerprint density at radius 2 is 1.24 bits per heavy atom. The summed E-state index contributed by atoms with van der Waals surface area (Å²) in [6.07, 6.45) is 17.6. The summed E-state index contributed by atoms with van der Waals surface area (Å²) < 4.78 is 0. The quantitative estimate of drug-likeness (QED) is 0.229. The molecule has 0 saturated heterocycles. The molecule has 3 heteroatoms. The van der Waals surface area contributed by atoms with Crippen molar-refractivity contribution in [2.24, 2.45) is 0 Å². The third kappa shape index (κ3) is 13.1. The molecule has 168 valence electrons. The number of hydrogen-bond donors (Lipinski definition) is 3.